The number of aliphatic hydroxyl groups excluding tert-OH is 1. The molecule has 0 amide bonds. The van der Waals surface area contributed by atoms with E-state index in [4.69, 9.17) is 0 Å². The highest BCUT2D eigenvalue weighted by Crippen LogP contribution is 2.19. The van der Waals surface area contributed by atoms with Crippen molar-refractivity contribution in [3.8, 4) is 0 Å². The van der Waals surface area contributed by atoms with Gasteiger partial charge in [-0.2, -0.15) is 0 Å². The van der Waals surface area contributed by atoms with Gasteiger partial charge in [0.2, 0.25) is 0 Å². The maximum absolute atomic E-state index is 11.3. The molecule has 2 unspecified atom stereocenters. The molecule has 2 atom stereocenters. The zero-order valence-corrected chi connectivity index (χ0v) is 12.3. The van der Waals surface area contributed by atoms with Crippen molar-refractivity contribution in [2.24, 2.45) is 0 Å². The summed E-state index contributed by atoms with van der Waals surface area (Å²) in [6, 6.07) is 7.50. The third-order valence-electron chi connectivity index (χ3n) is 3.53. The summed E-state index contributed by atoms with van der Waals surface area (Å²) in [7, 11) is 0. The van der Waals surface area contributed by atoms with E-state index in [9.17, 15) is 15.0 Å². The molecule has 0 saturated carbocycles. The molecular formula is C15H19N3O3. The summed E-state index contributed by atoms with van der Waals surface area (Å²) in [4.78, 5) is 11.3. The van der Waals surface area contributed by atoms with Crippen LogP contribution in [0.4, 0.5) is 0 Å². The minimum absolute atomic E-state index is 0.0657. The molecule has 0 aliphatic heterocycles. The molecule has 1 aromatic heterocycles. The highest BCUT2D eigenvalue weighted by atomic mass is 16.4. The second kappa shape index (κ2) is 6.05. The van der Waals surface area contributed by atoms with Crippen molar-refractivity contribution in [1.82, 2.24) is 15.0 Å². The largest absolute Gasteiger partial charge is 0.476 e. The van der Waals surface area contributed by atoms with E-state index in [0.29, 0.717) is 12.1 Å². The van der Waals surface area contributed by atoms with Crippen LogP contribution in [0.3, 0.4) is 0 Å². The maximum Gasteiger partial charge on any atom is 0.358 e. The first-order valence-corrected chi connectivity index (χ1v) is 6.81. The van der Waals surface area contributed by atoms with E-state index in [1.807, 2.05) is 31.2 Å². The van der Waals surface area contributed by atoms with E-state index in [1.54, 1.807) is 13.8 Å². The zero-order chi connectivity index (χ0) is 15.6. The summed E-state index contributed by atoms with van der Waals surface area (Å²) < 4.78 is 1.50. The van der Waals surface area contributed by atoms with E-state index in [1.165, 1.54) is 4.68 Å². The van der Waals surface area contributed by atoms with E-state index in [0.717, 1.165) is 11.1 Å². The highest BCUT2D eigenvalue weighted by Gasteiger charge is 2.24. The van der Waals surface area contributed by atoms with Crippen LogP contribution in [-0.4, -0.2) is 37.3 Å². The Hall–Kier alpha value is -2.21. The predicted molar refractivity (Wildman–Crippen MR) is 77.4 cm³/mol. The first-order valence-electron chi connectivity index (χ1n) is 6.81. The Kier molecular flexibility index (Phi) is 4.37. The second-order valence-electron chi connectivity index (χ2n) is 5.28. The number of carboxylic acids is 1. The smallest absolute Gasteiger partial charge is 0.358 e. The number of aryl methyl sites for hydroxylation is 1. The van der Waals surface area contributed by atoms with Crippen molar-refractivity contribution in [3.63, 3.8) is 0 Å². The Balaban J connectivity index is 2.44. The molecule has 1 aromatic carbocycles. The summed E-state index contributed by atoms with van der Waals surface area (Å²) in [6.45, 7) is 5.41. The van der Waals surface area contributed by atoms with Crippen molar-refractivity contribution < 1.29 is 15.0 Å². The fraction of sp³-hybridized carbons (Fsp3) is 0.400. The van der Waals surface area contributed by atoms with Crippen molar-refractivity contribution in [2.45, 2.75) is 39.3 Å². The molecule has 2 aromatic rings. The fourth-order valence-electron chi connectivity index (χ4n) is 2.19. The molecule has 21 heavy (non-hydrogen) atoms. The van der Waals surface area contributed by atoms with E-state index >= 15 is 0 Å². The quantitative estimate of drug-likeness (QED) is 0.876. The summed E-state index contributed by atoms with van der Waals surface area (Å²) >= 11 is 0. The van der Waals surface area contributed by atoms with Gasteiger partial charge in [-0.15, -0.1) is 5.10 Å². The van der Waals surface area contributed by atoms with Gasteiger partial charge < -0.3 is 10.2 Å². The van der Waals surface area contributed by atoms with Gasteiger partial charge in [-0.3, -0.25) is 0 Å². The summed E-state index contributed by atoms with van der Waals surface area (Å²) in [5, 5.41) is 26.6. The molecule has 2 N–H and O–H groups in total. The minimum atomic E-state index is -1.11. The van der Waals surface area contributed by atoms with Gasteiger partial charge in [0.1, 0.15) is 0 Å². The number of aromatic nitrogens is 3. The number of rotatable bonds is 5. The van der Waals surface area contributed by atoms with Gasteiger partial charge in [0, 0.05) is 6.42 Å². The summed E-state index contributed by atoms with van der Waals surface area (Å²) in [5.41, 5.74) is 2.52. The number of nitrogens with zero attached hydrogens (tertiary/aromatic N) is 3. The van der Waals surface area contributed by atoms with Crippen LogP contribution in [0.1, 0.15) is 47.2 Å². The normalized spacial score (nSPS) is 13.9. The average molecular weight is 289 g/mol. The van der Waals surface area contributed by atoms with Crippen LogP contribution >= 0.6 is 0 Å². The van der Waals surface area contributed by atoms with Crippen LogP contribution < -0.4 is 0 Å². The predicted octanol–water partition coefficient (Wildman–Crippen LogP) is 1.82. The Morgan fingerprint density at radius 3 is 2.67 bits per heavy atom. The minimum Gasteiger partial charge on any atom is -0.476 e. The van der Waals surface area contributed by atoms with Crippen LogP contribution in [0, 0.1) is 6.92 Å². The van der Waals surface area contributed by atoms with Gasteiger partial charge in [-0.05, 0) is 26.3 Å². The molecule has 6 nitrogen and oxygen atoms in total. The Morgan fingerprint density at radius 1 is 1.38 bits per heavy atom. The van der Waals surface area contributed by atoms with Crippen LogP contribution in [0.25, 0.3) is 0 Å². The van der Waals surface area contributed by atoms with Gasteiger partial charge in [0.05, 0.1) is 17.8 Å². The van der Waals surface area contributed by atoms with Crippen LogP contribution in [0.2, 0.25) is 0 Å². The average Bonchev–Trinajstić information content (AvgIpc) is 2.81. The molecule has 2 rings (SSSR count). The molecule has 0 radical (unpaired) electrons. The topological polar surface area (TPSA) is 88.2 Å². The standard InChI is InChI=1S/C15H19N3O3/c1-9-5-4-6-12(7-9)8-13-14(15(20)21)16-17-18(13)10(2)11(3)19/h4-7,10-11,19H,8H2,1-3H3,(H,20,21). The van der Waals surface area contributed by atoms with Crippen LogP contribution in [0.15, 0.2) is 24.3 Å². The lowest BCUT2D eigenvalue weighted by molar-refractivity contribution is 0.0688. The molecule has 1 heterocycles. The van der Waals surface area contributed by atoms with Crippen molar-refractivity contribution in [1.29, 1.82) is 0 Å². The third-order valence-corrected chi connectivity index (χ3v) is 3.53. The van der Waals surface area contributed by atoms with Gasteiger partial charge in [0.25, 0.3) is 0 Å². The lowest BCUT2D eigenvalue weighted by Crippen LogP contribution is -2.22. The molecule has 0 spiro atoms. The Labute approximate surface area is 123 Å². The van der Waals surface area contributed by atoms with Gasteiger partial charge in [-0.1, -0.05) is 35.0 Å². The first-order chi connectivity index (χ1) is 9.90. The van der Waals surface area contributed by atoms with Crippen molar-refractivity contribution in [3.05, 3.63) is 46.8 Å². The molecule has 112 valence electrons. The number of benzene rings is 1. The van der Waals surface area contributed by atoms with Crippen LogP contribution in [-0.2, 0) is 6.42 Å². The number of hydrogen-bond donors (Lipinski definition) is 2. The zero-order valence-electron chi connectivity index (χ0n) is 12.3. The molecular weight excluding hydrogens is 270 g/mol. The number of aliphatic hydroxyl groups is 1. The number of carbonyl (C=O) groups is 1. The van der Waals surface area contributed by atoms with Crippen molar-refractivity contribution >= 4 is 5.97 Å². The molecule has 0 fully saturated rings. The Bertz CT molecular complexity index is 649. The number of aromatic carboxylic acids is 1. The summed E-state index contributed by atoms with van der Waals surface area (Å²) in [5.74, 6) is -1.11. The van der Waals surface area contributed by atoms with Gasteiger partial charge in [-0.25, -0.2) is 9.48 Å². The number of hydrogen-bond acceptors (Lipinski definition) is 4. The van der Waals surface area contributed by atoms with E-state index in [2.05, 4.69) is 10.3 Å². The molecule has 0 aliphatic carbocycles. The summed E-state index contributed by atoms with van der Waals surface area (Å²) in [6.07, 6.45) is -0.238. The Morgan fingerprint density at radius 2 is 2.10 bits per heavy atom. The first kappa shape index (κ1) is 15.2. The highest BCUT2D eigenvalue weighted by molar-refractivity contribution is 5.86. The fourth-order valence-corrected chi connectivity index (χ4v) is 2.19. The lowest BCUT2D eigenvalue weighted by atomic mass is 10.0. The SMILES string of the molecule is Cc1cccc(Cc2c(C(=O)O)nnn2C(C)C(C)O)c1. The maximum atomic E-state index is 11.3. The lowest BCUT2D eigenvalue weighted by Gasteiger charge is -2.17. The van der Waals surface area contributed by atoms with Gasteiger partial charge >= 0.3 is 5.97 Å². The second-order valence-corrected chi connectivity index (χ2v) is 5.28. The monoisotopic (exact) mass is 289 g/mol. The third kappa shape index (κ3) is 3.28. The van der Waals surface area contributed by atoms with E-state index < -0.39 is 12.1 Å². The number of carboxylic acid groups (broad SMARTS) is 1. The van der Waals surface area contributed by atoms with Crippen LogP contribution in [0.5, 0.6) is 0 Å². The van der Waals surface area contributed by atoms with Crippen molar-refractivity contribution in [2.75, 3.05) is 0 Å². The van der Waals surface area contributed by atoms with E-state index in [-0.39, 0.29) is 11.7 Å². The molecule has 6 heteroatoms. The molecule has 0 aliphatic rings. The molecule has 0 bridgehead atoms. The molecule has 0 saturated heterocycles. The van der Waals surface area contributed by atoms with Gasteiger partial charge in [0.15, 0.2) is 5.69 Å².